The van der Waals surface area contributed by atoms with Crippen molar-refractivity contribution in [1.82, 2.24) is 4.31 Å². The van der Waals surface area contributed by atoms with Crippen molar-refractivity contribution in [3.63, 3.8) is 0 Å². The first-order valence-corrected chi connectivity index (χ1v) is 7.49. The summed E-state index contributed by atoms with van der Waals surface area (Å²) in [5.41, 5.74) is 0. The van der Waals surface area contributed by atoms with E-state index in [2.05, 4.69) is 0 Å². The van der Waals surface area contributed by atoms with Gasteiger partial charge in [-0.05, 0) is 18.3 Å². The molecule has 0 saturated heterocycles. The minimum Gasteiger partial charge on any atom is -0.396 e. The van der Waals surface area contributed by atoms with E-state index < -0.39 is 10.0 Å². The molecule has 0 atom stereocenters. The first-order valence-electron chi connectivity index (χ1n) is 5.88. The van der Waals surface area contributed by atoms with Gasteiger partial charge < -0.3 is 5.11 Å². The number of nitrogens with zero attached hydrogens (tertiary/aromatic N) is 1. The van der Waals surface area contributed by atoms with E-state index in [0.717, 1.165) is 0 Å². The maximum atomic E-state index is 12.0. The fraction of sp³-hybridized carbons (Fsp3) is 1.00. The van der Waals surface area contributed by atoms with Crippen LogP contribution in [0.25, 0.3) is 0 Å². The second-order valence-electron chi connectivity index (χ2n) is 5.00. The minimum atomic E-state index is -3.20. The number of hydrogen-bond acceptors (Lipinski definition) is 3. The monoisotopic (exact) mass is 251 g/mol. The summed E-state index contributed by atoms with van der Waals surface area (Å²) >= 11 is 0. The van der Waals surface area contributed by atoms with Crippen molar-refractivity contribution in [3.8, 4) is 0 Å². The Bertz CT molecular complexity index is 263. The van der Waals surface area contributed by atoms with Crippen LogP contribution in [-0.2, 0) is 10.0 Å². The fourth-order valence-corrected chi connectivity index (χ4v) is 3.29. The van der Waals surface area contributed by atoms with Gasteiger partial charge in [-0.1, -0.05) is 27.7 Å². The third-order valence-electron chi connectivity index (χ3n) is 2.09. The fourth-order valence-electron chi connectivity index (χ4n) is 1.49. The van der Waals surface area contributed by atoms with E-state index >= 15 is 0 Å². The minimum absolute atomic E-state index is 0.0446. The SMILES string of the molecule is CC(C)CN(CC(C)C)S(=O)(=O)CCCO. The van der Waals surface area contributed by atoms with Crippen molar-refractivity contribution >= 4 is 10.0 Å². The predicted molar refractivity (Wildman–Crippen MR) is 66.7 cm³/mol. The summed E-state index contributed by atoms with van der Waals surface area (Å²) in [5, 5.41) is 8.69. The number of sulfonamides is 1. The Morgan fingerprint density at radius 2 is 1.50 bits per heavy atom. The Hall–Kier alpha value is -0.130. The first-order chi connectivity index (χ1) is 7.29. The Labute approximate surface area is 99.7 Å². The zero-order chi connectivity index (χ0) is 12.8. The average Bonchev–Trinajstić information content (AvgIpc) is 2.12. The van der Waals surface area contributed by atoms with Crippen molar-refractivity contribution in [3.05, 3.63) is 0 Å². The molecule has 1 N–H and O–H groups in total. The molecule has 0 aliphatic heterocycles. The van der Waals surface area contributed by atoms with Gasteiger partial charge in [-0.3, -0.25) is 0 Å². The van der Waals surface area contributed by atoms with Crippen LogP contribution >= 0.6 is 0 Å². The molecule has 0 spiro atoms. The maximum Gasteiger partial charge on any atom is 0.214 e. The molecule has 0 unspecified atom stereocenters. The Kier molecular flexibility index (Phi) is 7.19. The quantitative estimate of drug-likeness (QED) is 0.707. The van der Waals surface area contributed by atoms with Crippen molar-refractivity contribution < 1.29 is 13.5 Å². The molecule has 0 bridgehead atoms. The molecule has 0 radical (unpaired) electrons. The summed E-state index contributed by atoms with van der Waals surface area (Å²) in [6, 6.07) is 0. The number of rotatable bonds is 8. The molecule has 16 heavy (non-hydrogen) atoms. The van der Waals surface area contributed by atoms with E-state index in [0.29, 0.717) is 31.3 Å². The molecule has 4 nitrogen and oxygen atoms in total. The molecule has 0 fully saturated rings. The standard InChI is InChI=1S/C11H25NO3S/c1-10(2)8-12(9-11(3)4)16(14,15)7-5-6-13/h10-11,13H,5-9H2,1-4H3. The molecular weight excluding hydrogens is 226 g/mol. The van der Waals surface area contributed by atoms with Gasteiger partial charge in [0.05, 0.1) is 5.75 Å². The molecule has 5 heteroatoms. The molecule has 0 aliphatic carbocycles. The van der Waals surface area contributed by atoms with Crippen LogP contribution in [0.4, 0.5) is 0 Å². The van der Waals surface area contributed by atoms with E-state index in [1.54, 1.807) is 4.31 Å². The molecule has 0 aromatic rings. The second-order valence-corrected chi connectivity index (χ2v) is 7.09. The van der Waals surface area contributed by atoms with Crippen LogP contribution < -0.4 is 0 Å². The van der Waals surface area contributed by atoms with Crippen LogP contribution in [-0.4, -0.2) is 43.3 Å². The van der Waals surface area contributed by atoms with Gasteiger partial charge in [0, 0.05) is 19.7 Å². The number of aliphatic hydroxyl groups excluding tert-OH is 1. The summed E-state index contributed by atoms with van der Waals surface area (Å²) in [5.74, 6) is 0.688. The average molecular weight is 251 g/mol. The normalized spacial score (nSPS) is 13.0. The van der Waals surface area contributed by atoms with Gasteiger partial charge in [0.2, 0.25) is 10.0 Å². The van der Waals surface area contributed by atoms with E-state index in [-0.39, 0.29) is 12.4 Å². The smallest absolute Gasteiger partial charge is 0.214 e. The molecule has 0 saturated carbocycles. The summed E-state index contributed by atoms with van der Waals surface area (Å²) in [6.07, 6.45) is 0.315. The van der Waals surface area contributed by atoms with Gasteiger partial charge in [0.25, 0.3) is 0 Å². The third-order valence-corrected chi connectivity index (χ3v) is 3.98. The summed E-state index contributed by atoms with van der Waals surface area (Å²) in [7, 11) is -3.20. The van der Waals surface area contributed by atoms with Crippen molar-refractivity contribution in [2.24, 2.45) is 11.8 Å². The Balaban J connectivity index is 4.59. The number of hydrogen-bond donors (Lipinski definition) is 1. The summed E-state index contributed by atoms with van der Waals surface area (Å²) in [6.45, 7) is 9.09. The maximum absolute atomic E-state index is 12.0. The second kappa shape index (κ2) is 7.25. The van der Waals surface area contributed by atoms with E-state index in [9.17, 15) is 8.42 Å². The van der Waals surface area contributed by atoms with Crippen LogP contribution in [0.3, 0.4) is 0 Å². The van der Waals surface area contributed by atoms with Crippen molar-refractivity contribution in [1.29, 1.82) is 0 Å². The Morgan fingerprint density at radius 3 is 1.81 bits per heavy atom. The molecule has 98 valence electrons. The lowest BCUT2D eigenvalue weighted by Crippen LogP contribution is -2.38. The zero-order valence-corrected chi connectivity index (χ0v) is 11.6. The highest BCUT2D eigenvalue weighted by Gasteiger charge is 2.22. The van der Waals surface area contributed by atoms with E-state index in [4.69, 9.17) is 5.11 Å². The molecule has 0 amide bonds. The molecular formula is C11H25NO3S. The lowest BCUT2D eigenvalue weighted by Gasteiger charge is -2.25. The first kappa shape index (κ1) is 15.9. The lowest BCUT2D eigenvalue weighted by atomic mass is 10.2. The Morgan fingerprint density at radius 1 is 1.06 bits per heavy atom. The summed E-state index contributed by atoms with van der Waals surface area (Å²) < 4.78 is 25.5. The molecule has 0 aromatic carbocycles. The largest absolute Gasteiger partial charge is 0.396 e. The van der Waals surface area contributed by atoms with Crippen molar-refractivity contribution in [2.45, 2.75) is 34.1 Å². The molecule has 0 aromatic heterocycles. The zero-order valence-electron chi connectivity index (χ0n) is 10.8. The van der Waals surface area contributed by atoms with Gasteiger partial charge in [-0.2, -0.15) is 0 Å². The van der Waals surface area contributed by atoms with Gasteiger partial charge in [0.15, 0.2) is 0 Å². The van der Waals surface area contributed by atoms with Gasteiger partial charge in [-0.25, -0.2) is 12.7 Å². The highest BCUT2D eigenvalue weighted by molar-refractivity contribution is 7.89. The van der Waals surface area contributed by atoms with Crippen LogP contribution in [0.2, 0.25) is 0 Å². The number of aliphatic hydroxyl groups is 1. The van der Waals surface area contributed by atoms with Gasteiger partial charge in [0.1, 0.15) is 0 Å². The third kappa shape index (κ3) is 6.45. The van der Waals surface area contributed by atoms with E-state index in [1.807, 2.05) is 27.7 Å². The molecule has 0 rings (SSSR count). The lowest BCUT2D eigenvalue weighted by molar-refractivity contribution is 0.291. The molecule has 0 heterocycles. The predicted octanol–water partition coefficient (Wildman–Crippen LogP) is 1.31. The van der Waals surface area contributed by atoms with Gasteiger partial charge >= 0.3 is 0 Å². The highest BCUT2D eigenvalue weighted by Crippen LogP contribution is 2.10. The van der Waals surface area contributed by atoms with Crippen LogP contribution in [0.15, 0.2) is 0 Å². The summed E-state index contributed by atoms with van der Waals surface area (Å²) in [4.78, 5) is 0. The van der Waals surface area contributed by atoms with Crippen LogP contribution in [0.5, 0.6) is 0 Å². The highest BCUT2D eigenvalue weighted by atomic mass is 32.2. The van der Waals surface area contributed by atoms with Crippen LogP contribution in [0.1, 0.15) is 34.1 Å². The van der Waals surface area contributed by atoms with Crippen molar-refractivity contribution in [2.75, 3.05) is 25.4 Å². The topological polar surface area (TPSA) is 57.6 Å². The van der Waals surface area contributed by atoms with Gasteiger partial charge in [-0.15, -0.1) is 0 Å². The molecule has 0 aliphatic rings. The van der Waals surface area contributed by atoms with E-state index in [1.165, 1.54) is 0 Å². The van der Waals surface area contributed by atoms with Crippen LogP contribution in [0, 0.1) is 11.8 Å².